The molecule has 0 bridgehead atoms. The fourth-order valence-corrected chi connectivity index (χ4v) is 0.969. The Labute approximate surface area is 75.5 Å². The van der Waals surface area contributed by atoms with Crippen molar-refractivity contribution in [3.05, 3.63) is 33.7 Å². The van der Waals surface area contributed by atoms with E-state index in [0.717, 1.165) is 5.69 Å². The summed E-state index contributed by atoms with van der Waals surface area (Å²) in [5.41, 5.74) is 0.974. The maximum absolute atomic E-state index is 11.2. The van der Waals surface area contributed by atoms with E-state index in [4.69, 9.17) is 0 Å². The predicted molar refractivity (Wildman–Crippen MR) is 47.5 cm³/mol. The summed E-state index contributed by atoms with van der Waals surface area (Å²) in [5.74, 6) is -0.408. The van der Waals surface area contributed by atoms with Gasteiger partial charge in [0.2, 0.25) is 0 Å². The zero-order valence-electron chi connectivity index (χ0n) is 7.59. The Morgan fingerprint density at radius 2 is 2.23 bits per heavy atom. The molecule has 0 atom stereocenters. The van der Waals surface area contributed by atoms with Gasteiger partial charge in [0.1, 0.15) is 0 Å². The number of rotatable bonds is 2. The molecule has 4 heteroatoms. The molecule has 0 spiro atoms. The first-order chi connectivity index (χ1) is 6.13. The number of hydrogen-bond donors (Lipinski definition) is 1. The smallest absolute Gasteiger partial charge is 0.310 e. The second-order valence-electron chi connectivity index (χ2n) is 2.75. The summed E-state index contributed by atoms with van der Waals surface area (Å²) in [6, 6.07) is 3.38. The van der Waals surface area contributed by atoms with Crippen LogP contribution in [0.3, 0.4) is 0 Å². The quantitative estimate of drug-likeness (QED) is 0.672. The fraction of sp³-hybridized carbons (Fsp3) is 0.333. The van der Waals surface area contributed by atoms with Crippen LogP contribution < -0.4 is 5.56 Å². The number of nitrogens with one attached hydrogen (secondary N) is 1. The lowest BCUT2D eigenvalue weighted by Gasteiger charge is -1.99. The second-order valence-corrected chi connectivity index (χ2v) is 2.75. The molecular formula is C9H11NO3. The maximum Gasteiger partial charge on any atom is 0.310 e. The summed E-state index contributed by atoms with van der Waals surface area (Å²) in [6.45, 7) is 1.78. The van der Waals surface area contributed by atoms with Gasteiger partial charge in [0, 0.05) is 11.3 Å². The van der Waals surface area contributed by atoms with Gasteiger partial charge in [-0.2, -0.15) is 0 Å². The number of carbonyl (C=O) groups is 1. The van der Waals surface area contributed by atoms with Crippen molar-refractivity contribution in [3.8, 4) is 0 Å². The van der Waals surface area contributed by atoms with Crippen LogP contribution in [0.4, 0.5) is 0 Å². The minimum absolute atomic E-state index is 0.0200. The van der Waals surface area contributed by atoms with E-state index in [2.05, 4.69) is 9.72 Å². The first-order valence-corrected chi connectivity index (χ1v) is 3.89. The topological polar surface area (TPSA) is 59.2 Å². The van der Waals surface area contributed by atoms with Crippen molar-refractivity contribution < 1.29 is 9.53 Å². The van der Waals surface area contributed by atoms with Gasteiger partial charge < -0.3 is 9.72 Å². The molecule has 0 aromatic carbocycles. The number of ether oxygens (including phenoxy) is 1. The molecule has 70 valence electrons. The molecule has 0 aliphatic rings. The molecule has 13 heavy (non-hydrogen) atoms. The summed E-state index contributed by atoms with van der Waals surface area (Å²) in [4.78, 5) is 24.7. The van der Waals surface area contributed by atoms with Gasteiger partial charge in [-0.05, 0) is 13.0 Å². The highest BCUT2D eigenvalue weighted by Gasteiger charge is 2.05. The SMILES string of the molecule is COC(=O)Cc1ccc(C)[nH]c1=O. The molecule has 0 radical (unpaired) electrons. The Bertz CT molecular complexity index is 367. The highest BCUT2D eigenvalue weighted by Crippen LogP contribution is 1.95. The Hall–Kier alpha value is -1.58. The van der Waals surface area contributed by atoms with Gasteiger partial charge in [0.25, 0.3) is 5.56 Å². The average molecular weight is 181 g/mol. The van der Waals surface area contributed by atoms with Crippen molar-refractivity contribution in [3.63, 3.8) is 0 Å². The van der Waals surface area contributed by atoms with Crippen LogP contribution >= 0.6 is 0 Å². The van der Waals surface area contributed by atoms with Gasteiger partial charge in [0.05, 0.1) is 13.5 Å². The van der Waals surface area contributed by atoms with E-state index in [1.165, 1.54) is 7.11 Å². The summed E-state index contributed by atoms with van der Waals surface area (Å²) in [6.07, 6.45) is 0.0200. The third-order valence-corrected chi connectivity index (χ3v) is 1.70. The number of pyridine rings is 1. The summed E-state index contributed by atoms with van der Waals surface area (Å²) < 4.78 is 4.45. The minimum Gasteiger partial charge on any atom is -0.469 e. The number of hydrogen-bond acceptors (Lipinski definition) is 3. The first-order valence-electron chi connectivity index (χ1n) is 3.89. The highest BCUT2D eigenvalue weighted by atomic mass is 16.5. The number of aromatic nitrogens is 1. The average Bonchev–Trinajstić information content (AvgIpc) is 2.09. The van der Waals surface area contributed by atoms with Crippen molar-refractivity contribution in [2.75, 3.05) is 7.11 Å². The van der Waals surface area contributed by atoms with Crippen LogP contribution in [0.15, 0.2) is 16.9 Å². The molecule has 1 aromatic heterocycles. The number of methoxy groups -OCH3 is 1. The van der Waals surface area contributed by atoms with Crippen LogP contribution in [0.1, 0.15) is 11.3 Å². The van der Waals surface area contributed by atoms with Gasteiger partial charge in [-0.25, -0.2) is 0 Å². The third kappa shape index (κ3) is 2.43. The normalized spacial score (nSPS) is 9.69. The van der Waals surface area contributed by atoms with E-state index in [9.17, 15) is 9.59 Å². The molecule has 0 amide bonds. The van der Waals surface area contributed by atoms with E-state index in [1.807, 2.05) is 0 Å². The monoisotopic (exact) mass is 181 g/mol. The first kappa shape index (κ1) is 9.51. The van der Waals surface area contributed by atoms with E-state index >= 15 is 0 Å². The fourth-order valence-electron chi connectivity index (χ4n) is 0.969. The number of H-pyrrole nitrogens is 1. The van der Waals surface area contributed by atoms with Crippen molar-refractivity contribution >= 4 is 5.97 Å². The van der Waals surface area contributed by atoms with Crippen LogP contribution in [0, 0.1) is 6.92 Å². The largest absolute Gasteiger partial charge is 0.469 e. The molecule has 0 aliphatic heterocycles. The zero-order chi connectivity index (χ0) is 9.84. The van der Waals surface area contributed by atoms with Crippen molar-refractivity contribution in [2.24, 2.45) is 0 Å². The Balaban J connectivity index is 2.90. The van der Waals surface area contributed by atoms with Crippen molar-refractivity contribution in [1.82, 2.24) is 4.98 Å². The maximum atomic E-state index is 11.2. The Morgan fingerprint density at radius 1 is 1.54 bits per heavy atom. The van der Waals surface area contributed by atoms with Gasteiger partial charge in [-0.1, -0.05) is 6.07 Å². The van der Waals surface area contributed by atoms with Gasteiger partial charge >= 0.3 is 5.97 Å². The standard InChI is InChI=1S/C9H11NO3/c1-6-3-4-7(9(12)10-6)5-8(11)13-2/h3-4H,5H2,1-2H3,(H,10,12). The van der Waals surface area contributed by atoms with Gasteiger partial charge in [0.15, 0.2) is 0 Å². The Morgan fingerprint density at radius 3 is 2.77 bits per heavy atom. The van der Waals surface area contributed by atoms with Crippen molar-refractivity contribution in [1.29, 1.82) is 0 Å². The van der Waals surface area contributed by atoms with E-state index in [-0.39, 0.29) is 12.0 Å². The molecule has 1 N–H and O–H groups in total. The molecule has 1 aromatic rings. The lowest BCUT2D eigenvalue weighted by Crippen LogP contribution is -2.17. The summed E-state index contributed by atoms with van der Waals surface area (Å²) in [5, 5.41) is 0. The van der Waals surface area contributed by atoms with E-state index in [0.29, 0.717) is 5.56 Å². The Kier molecular flexibility index (Phi) is 2.84. The summed E-state index contributed by atoms with van der Waals surface area (Å²) >= 11 is 0. The van der Waals surface area contributed by atoms with Crippen LogP contribution in [-0.2, 0) is 16.0 Å². The molecule has 0 saturated heterocycles. The zero-order valence-corrected chi connectivity index (χ0v) is 7.59. The lowest BCUT2D eigenvalue weighted by atomic mass is 10.2. The molecule has 1 heterocycles. The highest BCUT2D eigenvalue weighted by molar-refractivity contribution is 5.72. The predicted octanol–water partition coefficient (Wildman–Crippen LogP) is 0.399. The van der Waals surface area contributed by atoms with Crippen LogP contribution in [0.5, 0.6) is 0 Å². The second kappa shape index (κ2) is 3.89. The minimum atomic E-state index is -0.408. The van der Waals surface area contributed by atoms with Gasteiger partial charge in [-0.3, -0.25) is 9.59 Å². The number of esters is 1. The number of aromatic amines is 1. The lowest BCUT2D eigenvalue weighted by molar-refractivity contribution is -0.139. The summed E-state index contributed by atoms with van der Waals surface area (Å²) in [7, 11) is 1.30. The van der Waals surface area contributed by atoms with Crippen LogP contribution in [0.2, 0.25) is 0 Å². The van der Waals surface area contributed by atoms with E-state index < -0.39 is 5.97 Å². The molecular weight excluding hydrogens is 170 g/mol. The van der Waals surface area contributed by atoms with E-state index in [1.54, 1.807) is 19.1 Å². The molecule has 0 unspecified atom stereocenters. The third-order valence-electron chi connectivity index (χ3n) is 1.70. The number of aryl methyl sites for hydroxylation is 1. The van der Waals surface area contributed by atoms with Crippen LogP contribution in [0.25, 0.3) is 0 Å². The molecule has 0 fully saturated rings. The molecule has 4 nitrogen and oxygen atoms in total. The molecule has 0 aliphatic carbocycles. The van der Waals surface area contributed by atoms with Crippen LogP contribution in [-0.4, -0.2) is 18.1 Å². The van der Waals surface area contributed by atoms with Gasteiger partial charge in [-0.15, -0.1) is 0 Å². The number of carbonyl (C=O) groups excluding carboxylic acids is 1. The molecule has 1 rings (SSSR count). The van der Waals surface area contributed by atoms with Crippen molar-refractivity contribution in [2.45, 2.75) is 13.3 Å². The molecule has 0 saturated carbocycles.